The molecule has 0 aliphatic carbocycles. The van der Waals surface area contributed by atoms with E-state index in [9.17, 15) is 0 Å². The summed E-state index contributed by atoms with van der Waals surface area (Å²) in [7, 11) is 0. The summed E-state index contributed by atoms with van der Waals surface area (Å²) in [4.78, 5) is 0. The van der Waals surface area contributed by atoms with Crippen LogP contribution in [0.25, 0.3) is 0 Å². The topological polar surface area (TPSA) is 0 Å². The van der Waals surface area contributed by atoms with E-state index in [4.69, 9.17) is 0 Å². The number of hydrogen-bond donors (Lipinski definition) is 0. The summed E-state index contributed by atoms with van der Waals surface area (Å²) in [6, 6.07) is 32.7. The second kappa shape index (κ2) is 8.12. The monoisotopic (exact) mass is 366 g/mol. The summed E-state index contributed by atoms with van der Waals surface area (Å²) in [6.07, 6.45) is 2.24. The number of hydrogen-bond acceptors (Lipinski definition) is 0. The van der Waals surface area contributed by atoms with Gasteiger partial charge in [-0.05, 0) is 23.1 Å². The fraction of sp³-hybridized carbons (Fsp3) is 0.182. The first kappa shape index (κ1) is 17.5. The Morgan fingerprint density at radius 2 is 0.870 bits per heavy atom. The van der Waals surface area contributed by atoms with Crippen LogP contribution in [0.3, 0.4) is 0 Å². The summed E-state index contributed by atoms with van der Waals surface area (Å²) in [5.74, 6) is 0. The van der Waals surface area contributed by atoms with Gasteiger partial charge in [0.2, 0.25) is 0 Å². The SMILES string of the molecule is Br.CCCC(c1ccccc1)(c1ccccc1)c1ccccc1. The molecule has 0 saturated carbocycles. The Hall–Kier alpha value is -1.86. The molecule has 23 heavy (non-hydrogen) atoms. The van der Waals surface area contributed by atoms with Gasteiger partial charge in [-0.25, -0.2) is 0 Å². The van der Waals surface area contributed by atoms with Gasteiger partial charge in [-0.15, -0.1) is 17.0 Å². The highest BCUT2D eigenvalue weighted by molar-refractivity contribution is 8.93. The number of rotatable bonds is 5. The van der Waals surface area contributed by atoms with Crippen LogP contribution in [0.4, 0.5) is 0 Å². The van der Waals surface area contributed by atoms with Gasteiger partial charge in [0.05, 0.1) is 0 Å². The largest absolute Gasteiger partial charge is 0.114 e. The van der Waals surface area contributed by atoms with Crippen molar-refractivity contribution in [2.45, 2.75) is 25.2 Å². The third kappa shape index (κ3) is 3.40. The van der Waals surface area contributed by atoms with Crippen LogP contribution in [0.5, 0.6) is 0 Å². The van der Waals surface area contributed by atoms with Gasteiger partial charge < -0.3 is 0 Å². The first-order valence-corrected chi connectivity index (χ1v) is 8.04. The van der Waals surface area contributed by atoms with Gasteiger partial charge >= 0.3 is 0 Å². The van der Waals surface area contributed by atoms with E-state index in [-0.39, 0.29) is 22.4 Å². The Labute approximate surface area is 150 Å². The van der Waals surface area contributed by atoms with Crippen LogP contribution in [-0.4, -0.2) is 0 Å². The third-order valence-corrected chi connectivity index (χ3v) is 4.42. The van der Waals surface area contributed by atoms with Crippen LogP contribution >= 0.6 is 17.0 Å². The van der Waals surface area contributed by atoms with Crippen LogP contribution in [0, 0.1) is 0 Å². The minimum atomic E-state index is -0.0709. The fourth-order valence-electron chi connectivity index (χ4n) is 3.48. The lowest BCUT2D eigenvalue weighted by molar-refractivity contribution is 0.550. The van der Waals surface area contributed by atoms with Gasteiger partial charge in [0.25, 0.3) is 0 Å². The molecule has 0 heterocycles. The Kier molecular flexibility index (Phi) is 6.18. The van der Waals surface area contributed by atoms with Gasteiger partial charge in [0.1, 0.15) is 0 Å². The summed E-state index contributed by atoms with van der Waals surface area (Å²) in [6.45, 7) is 2.27. The summed E-state index contributed by atoms with van der Waals surface area (Å²) >= 11 is 0. The molecule has 0 aliphatic heterocycles. The van der Waals surface area contributed by atoms with Gasteiger partial charge in [-0.1, -0.05) is 104 Å². The van der Waals surface area contributed by atoms with Gasteiger partial charge in [0, 0.05) is 5.41 Å². The van der Waals surface area contributed by atoms with Crippen molar-refractivity contribution in [2.24, 2.45) is 0 Å². The predicted molar refractivity (Wildman–Crippen MR) is 104 cm³/mol. The molecule has 0 aromatic heterocycles. The van der Waals surface area contributed by atoms with Crippen molar-refractivity contribution in [1.82, 2.24) is 0 Å². The maximum atomic E-state index is 2.27. The second-order valence-electron chi connectivity index (χ2n) is 5.75. The summed E-state index contributed by atoms with van der Waals surface area (Å²) in [5.41, 5.74) is 4.04. The normalized spacial score (nSPS) is 10.8. The molecule has 0 N–H and O–H groups in total. The van der Waals surface area contributed by atoms with Crippen molar-refractivity contribution in [3.05, 3.63) is 108 Å². The molecule has 0 fully saturated rings. The molecular formula is C22H23Br. The average molecular weight is 367 g/mol. The van der Waals surface area contributed by atoms with Crippen LogP contribution in [-0.2, 0) is 5.41 Å². The molecule has 3 aromatic carbocycles. The van der Waals surface area contributed by atoms with Crippen molar-refractivity contribution in [3.8, 4) is 0 Å². The maximum Gasteiger partial charge on any atom is 0.0451 e. The zero-order chi connectivity index (χ0) is 15.3. The predicted octanol–water partition coefficient (Wildman–Crippen LogP) is 6.40. The Morgan fingerprint density at radius 3 is 1.13 bits per heavy atom. The molecular weight excluding hydrogens is 344 g/mol. The molecule has 0 amide bonds. The van der Waals surface area contributed by atoms with Gasteiger partial charge in [0.15, 0.2) is 0 Å². The summed E-state index contributed by atoms with van der Waals surface area (Å²) in [5, 5.41) is 0. The highest BCUT2D eigenvalue weighted by atomic mass is 79.9. The maximum absolute atomic E-state index is 2.27. The molecule has 0 bridgehead atoms. The summed E-state index contributed by atoms with van der Waals surface area (Å²) < 4.78 is 0. The highest BCUT2D eigenvalue weighted by Gasteiger charge is 2.34. The Morgan fingerprint density at radius 1 is 0.565 bits per heavy atom. The Bertz CT molecular complexity index is 593. The van der Waals surface area contributed by atoms with Crippen LogP contribution in [0.15, 0.2) is 91.0 Å². The lowest BCUT2D eigenvalue weighted by Gasteiger charge is -2.36. The quantitative estimate of drug-likeness (QED) is 0.458. The molecule has 1 heteroatoms. The van der Waals surface area contributed by atoms with Crippen molar-refractivity contribution >= 4 is 17.0 Å². The molecule has 3 rings (SSSR count). The number of halogens is 1. The lowest BCUT2D eigenvalue weighted by atomic mass is 9.67. The zero-order valence-electron chi connectivity index (χ0n) is 13.5. The van der Waals surface area contributed by atoms with E-state index in [1.54, 1.807) is 0 Å². The average Bonchev–Trinajstić information content (AvgIpc) is 2.62. The molecule has 0 aliphatic rings. The standard InChI is InChI=1S/C22H22.BrH/c1-2-18-22(19-12-6-3-7-13-19,20-14-8-4-9-15-20)21-16-10-5-11-17-21;/h3-17H,2,18H2,1H3;1H. The molecule has 3 aromatic rings. The highest BCUT2D eigenvalue weighted by Crippen LogP contribution is 2.42. The first-order valence-electron chi connectivity index (χ1n) is 8.04. The minimum Gasteiger partial charge on any atom is -0.114 e. The number of benzene rings is 3. The van der Waals surface area contributed by atoms with Crippen molar-refractivity contribution < 1.29 is 0 Å². The fourth-order valence-corrected chi connectivity index (χ4v) is 3.48. The second-order valence-corrected chi connectivity index (χ2v) is 5.75. The van der Waals surface area contributed by atoms with E-state index >= 15 is 0 Å². The van der Waals surface area contributed by atoms with Crippen molar-refractivity contribution in [1.29, 1.82) is 0 Å². The Balaban J connectivity index is 0.00000192. The molecule has 0 radical (unpaired) electrons. The van der Waals surface area contributed by atoms with Crippen LogP contribution < -0.4 is 0 Å². The smallest absolute Gasteiger partial charge is 0.0451 e. The van der Waals surface area contributed by atoms with E-state index in [1.165, 1.54) is 16.7 Å². The molecule has 0 atom stereocenters. The molecule has 0 saturated heterocycles. The van der Waals surface area contributed by atoms with Crippen molar-refractivity contribution in [2.75, 3.05) is 0 Å². The third-order valence-electron chi connectivity index (χ3n) is 4.42. The van der Waals surface area contributed by atoms with Gasteiger partial charge in [-0.2, -0.15) is 0 Å². The first-order chi connectivity index (χ1) is 10.9. The van der Waals surface area contributed by atoms with E-state index in [2.05, 4.69) is 97.9 Å². The van der Waals surface area contributed by atoms with E-state index in [0.29, 0.717) is 0 Å². The van der Waals surface area contributed by atoms with Crippen LogP contribution in [0.2, 0.25) is 0 Å². The minimum absolute atomic E-state index is 0. The van der Waals surface area contributed by atoms with Crippen molar-refractivity contribution in [3.63, 3.8) is 0 Å². The molecule has 0 nitrogen and oxygen atoms in total. The van der Waals surface area contributed by atoms with E-state index in [1.807, 2.05) is 0 Å². The van der Waals surface area contributed by atoms with E-state index in [0.717, 1.165) is 12.8 Å². The van der Waals surface area contributed by atoms with Crippen LogP contribution in [0.1, 0.15) is 36.5 Å². The van der Waals surface area contributed by atoms with Gasteiger partial charge in [-0.3, -0.25) is 0 Å². The molecule has 0 spiro atoms. The molecule has 118 valence electrons. The lowest BCUT2D eigenvalue weighted by Crippen LogP contribution is -2.29. The van der Waals surface area contributed by atoms with E-state index < -0.39 is 0 Å². The zero-order valence-corrected chi connectivity index (χ0v) is 15.2. The molecule has 0 unspecified atom stereocenters.